The standard InChI is InChI=1S/C18H23N3O6S/c1-3-4-9-27-17(24)18(19,16(22)23)10-14-11-21(12-20-14)28(25,26)15-7-5-13(2)6-8-15/h5-8,11-12H,3-4,9-10,19H2,1-2H3,(H,22,23)/t18-/m0/s1. The average molecular weight is 409 g/mol. The van der Waals surface area contributed by atoms with Crippen molar-refractivity contribution in [3.05, 3.63) is 48.0 Å². The summed E-state index contributed by atoms with van der Waals surface area (Å²) in [7, 11) is -3.90. The molecule has 0 amide bonds. The van der Waals surface area contributed by atoms with Crippen LogP contribution in [-0.4, -0.2) is 46.6 Å². The van der Waals surface area contributed by atoms with E-state index in [9.17, 15) is 23.1 Å². The maximum atomic E-state index is 12.6. The summed E-state index contributed by atoms with van der Waals surface area (Å²) < 4.78 is 31.1. The van der Waals surface area contributed by atoms with Crippen LogP contribution < -0.4 is 5.73 Å². The number of aliphatic carboxylic acids is 1. The van der Waals surface area contributed by atoms with Gasteiger partial charge in [-0.15, -0.1) is 0 Å². The highest BCUT2D eigenvalue weighted by Crippen LogP contribution is 2.18. The van der Waals surface area contributed by atoms with Crippen molar-refractivity contribution < 1.29 is 27.9 Å². The molecule has 1 aromatic carbocycles. The Bertz CT molecular complexity index is 952. The second-order valence-electron chi connectivity index (χ2n) is 6.46. The van der Waals surface area contributed by atoms with Crippen LogP contribution in [0.3, 0.4) is 0 Å². The quantitative estimate of drug-likeness (QED) is 0.356. The molecule has 0 aliphatic rings. The Kier molecular flexibility index (Phi) is 6.57. The van der Waals surface area contributed by atoms with E-state index in [-0.39, 0.29) is 17.2 Å². The molecule has 28 heavy (non-hydrogen) atoms. The molecular formula is C18H23N3O6S. The summed E-state index contributed by atoms with van der Waals surface area (Å²) in [5.74, 6) is -2.67. The number of hydrogen-bond acceptors (Lipinski definition) is 7. The third-order valence-corrected chi connectivity index (χ3v) is 5.77. The lowest BCUT2D eigenvalue weighted by Crippen LogP contribution is -2.57. The van der Waals surface area contributed by atoms with Crippen molar-refractivity contribution in [1.82, 2.24) is 8.96 Å². The number of imidazole rings is 1. The molecule has 9 nitrogen and oxygen atoms in total. The number of carboxylic acid groups (broad SMARTS) is 1. The van der Waals surface area contributed by atoms with Crippen LogP contribution in [0.15, 0.2) is 41.7 Å². The Labute approximate surface area is 163 Å². The normalized spacial score (nSPS) is 13.7. The smallest absolute Gasteiger partial charge is 0.338 e. The second kappa shape index (κ2) is 8.53. The zero-order valence-corrected chi connectivity index (χ0v) is 16.5. The summed E-state index contributed by atoms with van der Waals surface area (Å²) in [5, 5.41) is 9.41. The number of carbonyl (C=O) groups excluding carboxylic acids is 1. The Hall–Kier alpha value is -2.72. The maximum Gasteiger partial charge on any atom is 0.338 e. The molecule has 0 saturated carbocycles. The van der Waals surface area contributed by atoms with E-state index in [1.807, 2.05) is 13.8 Å². The number of aryl methyl sites for hydroxylation is 1. The van der Waals surface area contributed by atoms with Gasteiger partial charge in [0, 0.05) is 12.6 Å². The van der Waals surface area contributed by atoms with Gasteiger partial charge in [-0.25, -0.2) is 27.0 Å². The predicted octanol–water partition coefficient (Wildman–Crippen LogP) is 1.10. The van der Waals surface area contributed by atoms with Crippen molar-refractivity contribution in [1.29, 1.82) is 0 Å². The predicted molar refractivity (Wildman–Crippen MR) is 100 cm³/mol. The van der Waals surface area contributed by atoms with Crippen LogP contribution >= 0.6 is 0 Å². The van der Waals surface area contributed by atoms with E-state index in [0.29, 0.717) is 6.42 Å². The molecular weight excluding hydrogens is 386 g/mol. The van der Waals surface area contributed by atoms with Crippen molar-refractivity contribution >= 4 is 22.0 Å². The molecule has 0 aliphatic heterocycles. The topological polar surface area (TPSA) is 142 Å². The minimum Gasteiger partial charge on any atom is -0.479 e. The van der Waals surface area contributed by atoms with Gasteiger partial charge < -0.3 is 15.6 Å². The van der Waals surface area contributed by atoms with Gasteiger partial charge in [0.1, 0.15) is 6.33 Å². The van der Waals surface area contributed by atoms with Crippen LogP contribution in [0.25, 0.3) is 0 Å². The molecule has 0 spiro atoms. The molecule has 2 aromatic rings. The van der Waals surface area contributed by atoms with Gasteiger partial charge in [0.25, 0.3) is 10.0 Å². The largest absolute Gasteiger partial charge is 0.479 e. The van der Waals surface area contributed by atoms with Crippen molar-refractivity contribution in [3.8, 4) is 0 Å². The zero-order chi connectivity index (χ0) is 20.9. The summed E-state index contributed by atoms with van der Waals surface area (Å²) in [5.41, 5.74) is 4.35. The Balaban J connectivity index is 2.25. The fourth-order valence-electron chi connectivity index (χ4n) is 2.36. The highest BCUT2D eigenvalue weighted by Gasteiger charge is 2.45. The number of aromatic nitrogens is 2. The Morgan fingerprint density at radius 3 is 2.50 bits per heavy atom. The molecule has 10 heteroatoms. The van der Waals surface area contributed by atoms with Gasteiger partial charge in [-0.05, 0) is 25.5 Å². The summed E-state index contributed by atoms with van der Waals surface area (Å²) >= 11 is 0. The van der Waals surface area contributed by atoms with Crippen LogP contribution in [0.5, 0.6) is 0 Å². The van der Waals surface area contributed by atoms with E-state index in [1.54, 1.807) is 12.1 Å². The number of carboxylic acids is 1. The second-order valence-corrected chi connectivity index (χ2v) is 8.30. The number of rotatable bonds is 9. The summed E-state index contributed by atoms with van der Waals surface area (Å²) in [6, 6.07) is 6.23. The first-order chi connectivity index (χ1) is 13.1. The molecule has 0 bridgehead atoms. The number of ether oxygens (including phenoxy) is 1. The molecule has 0 unspecified atom stereocenters. The van der Waals surface area contributed by atoms with Crippen LogP contribution in [-0.2, 0) is 30.8 Å². The molecule has 0 aliphatic carbocycles. The van der Waals surface area contributed by atoms with Gasteiger partial charge in [0.05, 0.1) is 17.2 Å². The van der Waals surface area contributed by atoms with Gasteiger partial charge in [0.2, 0.25) is 5.54 Å². The highest BCUT2D eigenvalue weighted by atomic mass is 32.2. The van der Waals surface area contributed by atoms with Gasteiger partial charge in [-0.2, -0.15) is 0 Å². The molecule has 3 N–H and O–H groups in total. The first kappa shape index (κ1) is 21.6. The van der Waals surface area contributed by atoms with Crippen LogP contribution in [0.2, 0.25) is 0 Å². The lowest BCUT2D eigenvalue weighted by Gasteiger charge is -2.21. The first-order valence-corrected chi connectivity index (χ1v) is 10.1. The number of nitrogens with zero attached hydrogens (tertiary/aromatic N) is 2. The minimum atomic E-state index is -3.90. The highest BCUT2D eigenvalue weighted by molar-refractivity contribution is 7.90. The number of nitrogens with two attached hydrogens (primary N) is 1. The number of carbonyl (C=O) groups is 2. The van der Waals surface area contributed by atoms with E-state index < -0.39 is 33.9 Å². The summed E-state index contributed by atoms with van der Waals surface area (Å²) in [6.07, 6.45) is 3.00. The molecule has 1 aromatic heterocycles. The van der Waals surface area contributed by atoms with E-state index in [0.717, 1.165) is 28.5 Å². The van der Waals surface area contributed by atoms with Gasteiger partial charge in [0.15, 0.2) is 0 Å². The minimum absolute atomic E-state index is 0.0352. The van der Waals surface area contributed by atoms with Gasteiger partial charge >= 0.3 is 11.9 Å². The van der Waals surface area contributed by atoms with Crippen LogP contribution in [0.4, 0.5) is 0 Å². The van der Waals surface area contributed by atoms with Crippen molar-refractivity contribution in [2.45, 2.75) is 43.5 Å². The zero-order valence-electron chi connectivity index (χ0n) is 15.7. The van der Waals surface area contributed by atoms with Gasteiger partial charge in [-0.1, -0.05) is 31.0 Å². The Morgan fingerprint density at radius 1 is 1.29 bits per heavy atom. The summed E-state index contributed by atoms with van der Waals surface area (Å²) in [6.45, 7) is 3.78. The molecule has 1 atom stereocenters. The fraction of sp³-hybridized carbons (Fsp3) is 0.389. The number of esters is 1. The molecule has 0 radical (unpaired) electrons. The van der Waals surface area contributed by atoms with Crippen molar-refractivity contribution in [2.75, 3.05) is 6.61 Å². The molecule has 0 saturated heterocycles. The SMILES string of the molecule is CCCCOC(=O)[C@](N)(Cc1cn(S(=O)(=O)c2ccc(C)cc2)cn1)C(=O)O. The number of hydrogen-bond donors (Lipinski definition) is 2. The average Bonchev–Trinajstić information content (AvgIpc) is 3.11. The Morgan fingerprint density at radius 2 is 1.93 bits per heavy atom. The third kappa shape index (κ3) is 4.57. The van der Waals surface area contributed by atoms with Crippen LogP contribution in [0.1, 0.15) is 31.0 Å². The molecule has 2 rings (SSSR count). The van der Waals surface area contributed by atoms with E-state index in [4.69, 9.17) is 10.5 Å². The monoisotopic (exact) mass is 409 g/mol. The number of benzene rings is 1. The van der Waals surface area contributed by atoms with E-state index in [1.165, 1.54) is 12.1 Å². The fourth-order valence-corrected chi connectivity index (χ4v) is 3.51. The van der Waals surface area contributed by atoms with Gasteiger partial charge in [-0.3, -0.25) is 0 Å². The molecule has 1 heterocycles. The third-order valence-electron chi connectivity index (χ3n) is 4.15. The van der Waals surface area contributed by atoms with Crippen molar-refractivity contribution in [2.24, 2.45) is 5.73 Å². The van der Waals surface area contributed by atoms with Crippen molar-refractivity contribution in [3.63, 3.8) is 0 Å². The van der Waals surface area contributed by atoms with Crippen LogP contribution in [0, 0.1) is 6.92 Å². The maximum absolute atomic E-state index is 12.6. The lowest BCUT2D eigenvalue weighted by atomic mass is 9.95. The molecule has 152 valence electrons. The van der Waals surface area contributed by atoms with E-state index in [2.05, 4.69) is 4.98 Å². The first-order valence-electron chi connectivity index (χ1n) is 8.66. The molecule has 0 fully saturated rings. The summed E-state index contributed by atoms with van der Waals surface area (Å²) in [4.78, 5) is 27.7. The van der Waals surface area contributed by atoms with E-state index >= 15 is 0 Å². The number of unbranched alkanes of at least 4 members (excludes halogenated alkanes) is 1. The lowest BCUT2D eigenvalue weighted by molar-refractivity contribution is -0.161.